The molecule has 3 N–H and O–H groups in total. The zero-order chi connectivity index (χ0) is 12.5. The van der Waals surface area contributed by atoms with Crippen LogP contribution in [0.2, 0.25) is 0 Å². The molecule has 0 saturated heterocycles. The van der Waals surface area contributed by atoms with Crippen molar-refractivity contribution in [2.24, 2.45) is 0 Å². The van der Waals surface area contributed by atoms with Crippen LogP contribution in [0.1, 0.15) is 44.9 Å². The molecule has 0 radical (unpaired) electrons. The maximum atomic E-state index is 11.5. The van der Waals surface area contributed by atoms with Gasteiger partial charge in [0.05, 0.1) is 0 Å². The molecule has 1 saturated carbocycles. The zero-order valence-corrected chi connectivity index (χ0v) is 10.2. The van der Waals surface area contributed by atoms with Gasteiger partial charge in [-0.05, 0) is 19.3 Å². The Hall–Kier alpha value is -1.10. The summed E-state index contributed by atoms with van der Waals surface area (Å²) in [6.45, 7) is 0.544. The highest BCUT2D eigenvalue weighted by atomic mass is 16.3. The number of nitrogens with one attached hydrogen (secondary N) is 2. The van der Waals surface area contributed by atoms with Crippen LogP contribution < -0.4 is 10.6 Å². The van der Waals surface area contributed by atoms with Gasteiger partial charge in [-0.3, -0.25) is 9.59 Å². The third-order valence-corrected chi connectivity index (χ3v) is 2.96. The Labute approximate surface area is 102 Å². The number of carbonyl (C=O) groups is 2. The van der Waals surface area contributed by atoms with Gasteiger partial charge in [0.2, 0.25) is 11.8 Å². The Bertz CT molecular complexity index is 250. The number of aliphatic hydroxyl groups excluding tert-OH is 1. The molecule has 0 aromatic carbocycles. The average Bonchev–Trinajstić information content (AvgIpc) is 2.79. The van der Waals surface area contributed by atoms with E-state index in [2.05, 4.69) is 10.6 Å². The lowest BCUT2D eigenvalue weighted by Gasteiger charge is -2.11. The van der Waals surface area contributed by atoms with E-state index in [1.54, 1.807) is 0 Å². The minimum absolute atomic E-state index is 0.0331. The number of hydrogen-bond donors (Lipinski definition) is 3. The van der Waals surface area contributed by atoms with Crippen molar-refractivity contribution < 1.29 is 14.7 Å². The van der Waals surface area contributed by atoms with E-state index >= 15 is 0 Å². The predicted octanol–water partition coefficient (Wildman–Crippen LogP) is 0.324. The molecule has 98 valence electrons. The Balaban J connectivity index is 2.04. The minimum Gasteiger partial charge on any atom is -0.396 e. The zero-order valence-electron chi connectivity index (χ0n) is 10.2. The molecule has 0 bridgehead atoms. The number of hydrogen-bond acceptors (Lipinski definition) is 3. The van der Waals surface area contributed by atoms with Crippen LogP contribution in [0.15, 0.2) is 0 Å². The molecule has 0 heterocycles. The fourth-order valence-corrected chi connectivity index (χ4v) is 1.99. The first-order chi connectivity index (χ1) is 8.22. The maximum Gasteiger partial charge on any atom is 0.220 e. The van der Waals surface area contributed by atoms with E-state index in [1.165, 1.54) is 12.8 Å². The molecule has 0 aliphatic heterocycles. The Kier molecular flexibility index (Phi) is 6.62. The molecule has 17 heavy (non-hydrogen) atoms. The van der Waals surface area contributed by atoms with E-state index in [1.807, 2.05) is 0 Å². The second kappa shape index (κ2) is 8.06. The van der Waals surface area contributed by atoms with Crippen molar-refractivity contribution in [1.29, 1.82) is 0 Å². The molecule has 0 spiro atoms. The lowest BCUT2D eigenvalue weighted by Crippen LogP contribution is -2.34. The molecular weight excluding hydrogens is 220 g/mol. The summed E-state index contributed by atoms with van der Waals surface area (Å²) in [6, 6.07) is 0.319. The topological polar surface area (TPSA) is 78.4 Å². The molecule has 0 unspecified atom stereocenters. The Morgan fingerprint density at radius 3 is 2.41 bits per heavy atom. The highest BCUT2D eigenvalue weighted by molar-refractivity contribution is 5.83. The van der Waals surface area contributed by atoms with Crippen LogP contribution in [-0.4, -0.2) is 36.1 Å². The van der Waals surface area contributed by atoms with Gasteiger partial charge in [-0.25, -0.2) is 0 Å². The number of carbonyl (C=O) groups excluding carboxylic acids is 2. The molecule has 0 aromatic heterocycles. The molecular formula is C12H22N2O3. The van der Waals surface area contributed by atoms with Crippen molar-refractivity contribution >= 4 is 11.8 Å². The molecule has 1 aliphatic carbocycles. The lowest BCUT2D eigenvalue weighted by atomic mass is 10.2. The molecule has 1 fully saturated rings. The van der Waals surface area contributed by atoms with E-state index in [-0.39, 0.29) is 31.3 Å². The number of rotatable bonds is 7. The molecule has 1 aliphatic rings. The third kappa shape index (κ3) is 6.26. The van der Waals surface area contributed by atoms with Crippen LogP contribution in [0.3, 0.4) is 0 Å². The summed E-state index contributed by atoms with van der Waals surface area (Å²) >= 11 is 0. The van der Waals surface area contributed by atoms with Crippen LogP contribution in [-0.2, 0) is 9.59 Å². The van der Waals surface area contributed by atoms with Gasteiger partial charge in [-0.15, -0.1) is 0 Å². The lowest BCUT2D eigenvalue weighted by molar-refractivity contribution is -0.126. The summed E-state index contributed by atoms with van der Waals surface area (Å²) in [5.74, 6) is -0.158. The van der Waals surface area contributed by atoms with Crippen molar-refractivity contribution in [1.82, 2.24) is 10.6 Å². The number of aliphatic hydroxyl groups is 1. The number of amides is 2. The van der Waals surface area contributed by atoms with Gasteiger partial charge in [0.15, 0.2) is 0 Å². The van der Waals surface area contributed by atoms with Crippen molar-refractivity contribution in [2.45, 2.75) is 51.0 Å². The average molecular weight is 242 g/mol. The van der Waals surface area contributed by atoms with Gasteiger partial charge in [-0.2, -0.15) is 0 Å². The van der Waals surface area contributed by atoms with Crippen molar-refractivity contribution in [3.05, 3.63) is 0 Å². The predicted molar refractivity (Wildman–Crippen MR) is 64.3 cm³/mol. The molecule has 2 amide bonds. The summed E-state index contributed by atoms with van der Waals surface area (Å²) < 4.78 is 0. The summed E-state index contributed by atoms with van der Waals surface area (Å²) in [6.07, 6.45) is 5.54. The van der Waals surface area contributed by atoms with Crippen LogP contribution in [0.4, 0.5) is 0 Å². The first kappa shape index (κ1) is 14.0. The normalized spacial score (nSPS) is 15.8. The second-order valence-corrected chi connectivity index (χ2v) is 4.48. The Morgan fingerprint density at radius 1 is 1.12 bits per heavy atom. The van der Waals surface area contributed by atoms with Gasteiger partial charge in [0.1, 0.15) is 0 Å². The standard InChI is InChI=1S/C12H22N2O3/c15-9-3-8-13-11(16)6-7-12(17)14-10-4-1-2-5-10/h10,15H,1-9H2,(H,13,16)(H,14,17). The van der Waals surface area contributed by atoms with Crippen LogP contribution in [0.25, 0.3) is 0 Å². The fraction of sp³-hybridized carbons (Fsp3) is 0.833. The fourth-order valence-electron chi connectivity index (χ4n) is 1.99. The van der Waals surface area contributed by atoms with Crippen molar-refractivity contribution in [2.75, 3.05) is 13.2 Å². The Morgan fingerprint density at radius 2 is 1.76 bits per heavy atom. The third-order valence-electron chi connectivity index (χ3n) is 2.96. The molecule has 5 heteroatoms. The summed E-state index contributed by atoms with van der Waals surface area (Å²) in [5, 5.41) is 14.1. The summed E-state index contributed by atoms with van der Waals surface area (Å²) in [5.41, 5.74) is 0. The maximum absolute atomic E-state index is 11.5. The van der Waals surface area contributed by atoms with E-state index in [0.29, 0.717) is 19.0 Å². The minimum atomic E-state index is -0.125. The van der Waals surface area contributed by atoms with Crippen molar-refractivity contribution in [3.8, 4) is 0 Å². The molecule has 0 atom stereocenters. The van der Waals surface area contributed by atoms with Crippen molar-refractivity contribution in [3.63, 3.8) is 0 Å². The second-order valence-electron chi connectivity index (χ2n) is 4.48. The van der Waals surface area contributed by atoms with E-state index < -0.39 is 0 Å². The highest BCUT2D eigenvalue weighted by Gasteiger charge is 2.17. The highest BCUT2D eigenvalue weighted by Crippen LogP contribution is 2.17. The van der Waals surface area contributed by atoms with Crippen LogP contribution >= 0.6 is 0 Å². The summed E-state index contributed by atoms with van der Waals surface area (Å²) in [4.78, 5) is 22.8. The smallest absolute Gasteiger partial charge is 0.220 e. The van der Waals surface area contributed by atoms with E-state index in [9.17, 15) is 9.59 Å². The quantitative estimate of drug-likeness (QED) is 0.563. The summed E-state index contributed by atoms with van der Waals surface area (Å²) in [7, 11) is 0. The van der Waals surface area contributed by atoms with Gasteiger partial charge in [0.25, 0.3) is 0 Å². The van der Waals surface area contributed by atoms with E-state index in [4.69, 9.17) is 5.11 Å². The van der Waals surface area contributed by atoms with Gasteiger partial charge < -0.3 is 15.7 Å². The van der Waals surface area contributed by atoms with Crippen LogP contribution in [0.5, 0.6) is 0 Å². The van der Waals surface area contributed by atoms with E-state index in [0.717, 1.165) is 12.8 Å². The van der Waals surface area contributed by atoms with Gasteiger partial charge >= 0.3 is 0 Å². The van der Waals surface area contributed by atoms with Gasteiger partial charge in [-0.1, -0.05) is 12.8 Å². The first-order valence-electron chi connectivity index (χ1n) is 6.39. The first-order valence-corrected chi connectivity index (χ1v) is 6.39. The SMILES string of the molecule is O=C(CCC(=O)NC1CCCC1)NCCCO. The van der Waals surface area contributed by atoms with Gasteiger partial charge in [0, 0.05) is 32.0 Å². The molecule has 1 rings (SSSR count). The largest absolute Gasteiger partial charge is 0.396 e. The molecule has 5 nitrogen and oxygen atoms in total. The molecule has 0 aromatic rings. The monoisotopic (exact) mass is 242 g/mol. The van der Waals surface area contributed by atoms with Crippen LogP contribution in [0, 0.1) is 0 Å².